The first-order valence-electron chi connectivity index (χ1n) is 7.82. The average Bonchev–Trinajstić information content (AvgIpc) is 3.02. The normalized spacial score (nSPS) is 25.3. The molecular formula is C17H20N4O. The first-order chi connectivity index (χ1) is 10.7. The fourth-order valence-corrected chi connectivity index (χ4v) is 3.79. The minimum absolute atomic E-state index is 0.415. The number of allylic oxidation sites excluding steroid dienone is 1. The summed E-state index contributed by atoms with van der Waals surface area (Å²) < 4.78 is 7.55. The molecule has 0 amide bonds. The van der Waals surface area contributed by atoms with Gasteiger partial charge in [-0.15, -0.1) is 0 Å². The van der Waals surface area contributed by atoms with Crippen molar-refractivity contribution in [1.29, 1.82) is 0 Å². The molecule has 0 aliphatic heterocycles. The molecule has 3 aliphatic carbocycles. The Morgan fingerprint density at radius 2 is 2.09 bits per heavy atom. The summed E-state index contributed by atoms with van der Waals surface area (Å²) in [5.41, 5.74) is 2.72. The second-order valence-electron chi connectivity index (χ2n) is 6.82. The maximum absolute atomic E-state index is 5.92. The molecule has 5 nitrogen and oxygen atoms in total. The first kappa shape index (κ1) is 13.5. The van der Waals surface area contributed by atoms with Crippen molar-refractivity contribution < 1.29 is 4.74 Å². The zero-order valence-electron chi connectivity index (χ0n) is 12.9. The van der Waals surface area contributed by atoms with E-state index >= 15 is 0 Å². The van der Waals surface area contributed by atoms with Crippen LogP contribution in [0.1, 0.15) is 26.7 Å². The topological polar surface area (TPSA) is 52.8 Å². The molecular weight excluding hydrogens is 276 g/mol. The molecule has 1 aromatic carbocycles. The van der Waals surface area contributed by atoms with E-state index in [-0.39, 0.29) is 0 Å². The summed E-state index contributed by atoms with van der Waals surface area (Å²) in [5.74, 6) is 1.49. The van der Waals surface area contributed by atoms with Crippen molar-refractivity contribution in [2.45, 2.75) is 26.7 Å². The van der Waals surface area contributed by atoms with E-state index in [1.54, 1.807) is 4.68 Å². The molecule has 0 radical (unpaired) electrons. The molecule has 3 aliphatic rings. The Morgan fingerprint density at radius 1 is 1.27 bits per heavy atom. The molecule has 1 aromatic heterocycles. The summed E-state index contributed by atoms with van der Waals surface area (Å²) >= 11 is 0. The zero-order valence-corrected chi connectivity index (χ0v) is 12.9. The fraction of sp³-hybridized carbons (Fsp3) is 0.471. The molecule has 1 heterocycles. The molecule has 2 bridgehead atoms. The predicted octanol–water partition coefficient (Wildman–Crippen LogP) is 3.03. The Morgan fingerprint density at radius 3 is 2.82 bits per heavy atom. The highest BCUT2D eigenvalue weighted by Gasteiger charge is 2.51. The van der Waals surface area contributed by atoms with Crippen molar-refractivity contribution >= 4 is 0 Å². The Balaban J connectivity index is 1.50. The molecule has 1 fully saturated rings. The number of ether oxygens (including phenoxy) is 1. The van der Waals surface area contributed by atoms with Crippen molar-refractivity contribution in [3.8, 4) is 11.7 Å². The smallest absolute Gasteiger partial charge is 0.340 e. The lowest BCUT2D eigenvalue weighted by Crippen LogP contribution is -2.48. The number of hydrogen-bond acceptors (Lipinski definition) is 4. The molecule has 0 N–H and O–H groups in total. The van der Waals surface area contributed by atoms with Crippen LogP contribution in [0.25, 0.3) is 5.69 Å². The second kappa shape index (κ2) is 4.93. The largest absolute Gasteiger partial charge is 0.458 e. The molecule has 5 rings (SSSR count). The van der Waals surface area contributed by atoms with E-state index in [1.165, 1.54) is 18.4 Å². The Hall–Kier alpha value is -2.17. The maximum Gasteiger partial charge on any atom is 0.340 e. The zero-order chi connectivity index (χ0) is 15.2. The van der Waals surface area contributed by atoms with Gasteiger partial charge < -0.3 is 4.74 Å². The van der Waals surface area contributed by atoms with E-state index in [1.807, 2.05) is 30.3 Å². The van der Waals surface area contributed by atoms with Crippen LogP contribution in [0.5, 0.6) is 6.01 Å². The number of nitrogens with zero attached hydrogens (tertiary/aromatic N) is 4. The van der Waals surface area contributed by atoms with E-state index in [9.17, 15) is 0 Å². The SMILES string of the molecule is CC1(C)[C@H]2CC=C(COc3nnnn3-c3ccccc3)[C@@H]1C2. The van der Waals surface area contributed by atoms with Gasteiger partial charge in [-0.1, -0.05) is 43.2 Å². The predicted molar refractivity (Wildman–Crippen MR) is 82.7 cm³/mol. The molecule has 0 unspecified atom stereocenters. The fourth-order valence-electron chi connectivity index (χ4n) is 3.79. The van der Waals surface area contributed by atoms with Crippen LogP contribution >= 0.6 is 0 Å². The number of aromatic nitrogens is 4. The van der Waals surface area contributed by atoms with Gasteiger partial charge >= 0.3 is 6.01 Å². The quantitative estimate of drug-likeness (QED) is 0.814. The molecule has 22 heavy (non-hydrogen) atoms. The Kier molecular flexibility index (Phi) is 3.03. The van der Waals surface area contributed by atoms with Crippen molar-refractivity contribution in [2.75, 3.05) is 6.61 Å². The van der Waals surface area contributed by atoms with Crippen LogP contribution < -0.4 is 4.74 Å². The van der Waals surface area contributed by atoms with Crippen molar-refractivity contribution in [2.24, 2.45) is 17.3 Å². The first-order valence-corrected chi connectivity index (χ1v) is 7.82. The van der Waals surface area contributed by atoms with Crippen LogP contribution in [0, 0.1) is 17.3 Å². The lowest BCUT2D eigenvalue weighted by Gasteiger charge is -2.56. The molecule has 5 heteroatoms. The highest BCUT2D eigenvalue weighted by Crippen LogP contribution is 2.59. The van der Waals surface area contributed by atoms with Gasteiger partial charge in [-0.05, 0) is 58.2 Å². The molecule has 1 saturated carbocycles. The van der Waals surface area contributed by atoms with E-state index in [0.717, 1.165) is 11.6 Å². The van der Waals surface area contributed by atoms with Gasteiger partial charge in [0.2, 0.25) is 0 Å². The summed E-state index contributed by atoms with van der Waals surface area (Å²) in [6.07, 6.45) is 4.82. The van der Waals surface area contributed by atoms with E-state index in [0.29, 0.717) is 24.0 Å². The number of hydrogen-bond donors (Lipinski definition) is 0. The molecule has 114 valence electrons. The van der Waals surface area contributed by atoms with Crippen LogP contribution in [-0.2, 0) is 0 Å². The number of rotatable bonds is 4. The summed E-state index contributed by atoms with van der Waals surface area (Å²) in [5, 5.41) is 11.8. The molecule has 2 aromatic rings. The summed E-state index contributed by atoms with van der Waals surface area (Å²) in [6.45, 7) is 5.31. The third-order valence-electron chi connectivity index (χ3n) is 5.39. The van der Waals surface area contributed by atoms with Gasteiger partial charge in [-0.2, -0.15) is 4.68 Å². The van der Waals surface area contributed by atoms with E-state index < -0.39 is 0 Å². The minimum Gasteiger partial charge on any atom is -0.458 e. The summed E-state index contributed by atoms with van der Waals surface area (Å²) in [6, 6.07) is 10.3. The molecule has 0 saturated heterocycles. The van der Waals surface area contributed by atoms with Crippen LogP contribution in [-0.4, -0.2) is 26.8 Å². The van der Waals surface area contributed by atoms with Crippen molar-refractivity contribution in [1.82, 2.24) is 20.2 Å². The van der Waals surface area contributed by atoms with Crippen LogP contribution in [0.2, 0.25) is 0 Å². The van der Waals surface area contributed by atoms with Gasteiger partial charge in [0, 0.05) is 0 Å². The number of benzene rings is 1. The number of para-hydroxylation sites is 1. The second-order valence-corrected chi connectivity index (χ2v) is 6.82. The Labute approximate surface area is 130 Å². The van der Waals surface area contributed by atoms with Crippen LogP contribution in [0.15, 0.2) is 42.0 Å². The van der Waals surface area contributed by atoms with Crippen molar-refractivity contribution in [3.05, 3.63) is 42.0 Å². The number of fused-ring (bicyclic) bond motifs is 1. The number of tetrazole rings is 1. The standard InChI is InChI=1S/C17H20N4O/c1-17(2)13-9-8-12(15(17)10-13)11-22-16-18-19-20-21(16)14-6-4-3-5-7-14/h3-8,13,15H,9-11H2,1-2H3/t13-,15-/m0/s1. The minimum atomic E-state index is 0.415. The van der Waals surface area contributed by atoms with Gasteiger partial charge in [0.15, 0.2) is 0 Å². The van der Waals surface area contributed by atoms with Crippen LogP contribution in [0.4, 0.5) is 0 Å². The van der Waals surface area contributed by atoms with Gasteiger partial charge in [0.25, 0.3) is 0 Å². The third-order valence-corrected chi connectivity index (χ3v) is 5.39. The van der Waals surface area contributed by atoms with E-state index in [2.05, 4.69) is 35.4 Å². The third kappa shape index (κ3) is 2.03. The van der Waals surface area contributed by atoms with Gasteiger partial charge in [-0.3, -0.25) is 0 Å². The highest BCUT2D eigenvalue weighted by atomic mass is 16.5. The monoisotopic (exact) mass is 296 g/mol. The Bertz CT molecular complexity index is 704. The molecule has 0 spiro atoms. The maximum atomic E-state index is 5.92. The lowest BCUT2D eigenvalue weighted by atomic mass is 9.49. The van der Waals surface area contributed by atoms with Gasteiger partial charge in [-0.25, -0.2) is 0 Å². The summed E-state index contributed by atoms with van der Waals surface area (Å²) in [7, 11) is 0. The van der Waals surface area contributed by atoms with Crippen molar-refractivity contribution in [3.63, 3.8) is 0 Å². The van der Waals surface area contributed by atoms with Gasteiger partial charge in [0.1, 0.15) is 6.61 Å². The average molecular weight is 296 g/mol. The lowest BCUT2D eigenvalue weighted by molar-refractivity contribution is -0.0119. The summed E-state index contributed by atoms with van der Waals surface area (Å²) in [4.78, 5) is 0. The van der Waals surface area contributed by atoms with Gasteiger partial charge in [0.05, 0.1) is 5.69 Å². The van der Waals surface area contributed by atoms with Crippen LogP contribution in [0.3, 0.4) is 0 Å². The van der Waals surface area contributed by atoms with E-state index in [4.69, 9.17) is 4.74 Å². The highest BCUT2D eigenvalue weighted by molar-refractivity contribution is 5.32. The molecule has 2 atom stereocenters.